The fourth-order valence-electron chi connectivity index (χ4n) is 6.80. The van der Waals surface area contributed by atoms with E-state index in [9.17, 15) is 0 Å². The van der Waals surface area contributed by atoms with Gasteiger partial charge in [-0.1, -0.05) is 176 Å². The molecule has 0 fully saturated rings. The average Bonchev–Trinajstić information content (AvgIpc) is 3.10. The SMILES string of the molecule is C=C(C)/C=C(\C=C(/C)CC)c1ccc(-c2c3ccccc3c(-c3cccc4c(-c5ccccc5)cccc34)c3ccccc23)cc1. The molecule has 0 aliphatic carbocycles. The van der Waals surface area contributed by atoms with Crippen molar-refractivity contribution in [1.82, 2.24) is 0 Å². The maximum atomic E-state index is 4.15. The van der Waals surface area contributed by atoms with Gasteiger partial charge < -0.3 is 0 Å². The summed E-state index contributed by atoms with van der Waals surface area (Å²) in [6, 6.07) is 51.1. The standard InChI is InChI=1S/C46H38/c1-5-32(4)30-36(29-31(2)3)33-25-27-35(28-26-33)45-41-17-9-11-19-43(41)46(44-20-12-10-18-42(44)45)40-24-14-22-38-37(21-13-23-39(38)40)34-15-7-6-8-16-34/h6-30H,2,5H2,1,3-4H3/b32-30+,36-29+. The first-order valence-electron chi connectivity index (χ1n) is 16.2. The fraction of sp³-hybridized carbons (Fsp3) is 0.0870. The molecular formula is C46H38. The molecule has 7 aromatic rings. The van der Waals surface area contributed by atoms with Gasteiger partial charge in [0.2, 0.25) is 0 Å². The second-order valence-electron chi connectivity index (χ2n) is 12.3. The molecule has 0 nitrogen and oxygen atoms in total. The molecule has 0 aliphatic heterocycles. The van der Waals surface area contributed by atoms with Crippen molar-refractivity contribution in [3.05, 3.63) is 175 Å². The molecule has 0 radical (unpaired) electrons. The lowest BCUT2D eigenvalue weighted by molar-refractivity contribution is 1.10. The van der Waals surface area contributed by atoms with Crippen molar-refractivity contribution < 1.29 is 0 Å². The Morgan fingerprint density at radius 1 is 0.478 bits per heavy atom. The minimum Gasteiger partial charge on any atom is -0.0961 e. The summed E-state index contributed by atoms with van der Waals surface area (Å²) in [4.78, 5) is 0. The van der Waals surface area contributed by atoms with E-state index in [0.29, 0.717) is 0 Å². The number of fused-ring (bicyclic) bond motifs is 3. The van der Waals surface area contributed by atoms with Crippen molar-refractivity contribution in [2.45, 2.75) is 27.2 Å². The van der Waals surface area contributed by atoms with Crippen molar-refractivity contribution >= 4 is 37.9 Å². The third-order valence-electron chi connectivity index (χ3n) is 9.08. The van der Waals surface area contributed by atoms with Crippen LogP contribution in [0.2, 0.25) is 0 Å². The minimum atomic E-state index is 1.03. The lowest BCUT2D eigenvalue weighted by atomic mass is 9.84. The van der Waals surface area contributed by atoms with E-state index in [0.717, 1.165) is 12.0 Å². The Hall–Kier alpha value is -5.46. The zero-order chi connectivity index (χ0) is 31.6. The molecule has 0 spiro atoms. The van der Waals surface area contributed by atoms with Crippen molar-refractivity contribution in [2.24, 2.45) is 0 Å². The van der Waals surface area contributed by atoms with E-state index in [4.69, 9.17) is 0 Å². The molecule has 0 heteroatoms. The van der Waals surface area contributed by atoms with Crippen LogP contribution in [0.4, 0.5) is 0 Å². The molecule has 0 aromatic heterocycles. The number of allylic oxidation sites excluding steroid dienone is 5. The Bertz CT molecular complexity index is 2240. The lowest BCUT2D eigenvalue weighted by Crippen LogP contribution is -1.92. The molecule has 0 unspecified atom stereocenters. The van der Waals surface area contributed by atoms with Gasteiger partial charge >= 0.3 is 0 Å². The molecule has 7 aromatic carbocycles. The molecule has 0 N–H and O–H groups in total. The summed E-state index contributed by atoms with van der Waals surface area (Å²) in [6.45, 7) is 10.6. The highest BCUT2D eigenvalue weighted by Gasteiger charge is 2.18. The number of benzene rings is 7. The van der Waals surface area contributed by atoms with Crippen LogP contribution in [0, 0.1) is 0 Å². The first kappa shape index (κ1) is 29.3. The van der Waals surface area contributed by atoms with E-state index in [1.165, 1.54) is 82.4 Å². The minimum absolute atomic E-state index is 1.03. The smallest absolute Gasteiger partial charge is 0.00201 e. The van der Waals surface area contributed by atoms with E-state index in [-0.39, 0.29) is 0 Å². The topological polar surface area (TPSA) is 0 Å². The Morgan fingerprint density at radius 3 is 1.54 bits per heavy atom. The van der Waals surface area contributed by atoms with Gasteiger partial charge in [-0.05, 0) is 97.1 Å². The third-order valence-corrected chi connectivity index (χ3v) is 9.08. The van der Waals surface area contributed by atoms with Gasteiger partial charge in [-0.3, -0.25) is 0 Å². The van der Waals surface area contributed by atoms with Gasteiger partial charge in [-0.15, -0.1) is 0 Å². The first-order valence-corrected chi connectivity index (χ1v) is 16.2. The second kappa shape index (κ2) is 12.5. The van der Waals surface area contributed by atoms with Crippen LogP contribution in [0.25, 0.3) is 71.3 Å². The Labute approximate surface area is 272 Å². The Morgan fingerprint density at radius 2 is 0.978 bits per heavy atom. The zero-order valence-corrected chi connectivity index (χ0v) is 26.8. The lowest BCUT2D eigenvalue weighted by Gasteiger charge is -2.19. The van der Waals surface area contributed by atoms with Gasteiger partial charge in [0.05, 0.1) is 0 Å². The predicted molar refractivity (Wildman–Crippen MR) is 202 cm³/mol. The van der Waals surface area contributed by atoms with Gasteiger partial charge in [0.1, 0.15) is 0 Å². The largest absolute Gasteiger partial charge is 0.0961 e. The number of hydrogen-bond donors (Lipinski definition) is 0. The van der Waals surface area contributed by atoms with Crippen LogP contribution in [0.15, 0.2) is 169 Å². The Balaban J connectivity index is 1.47. The van der Waals surface area contributed by atoms with E-state index in [2.05, 4.69) is 179 Å². The van der Waals surface area contributed by atoms with Crippen LogP contribution in [0.1, 0.15) is 32.8 Å². The van der Waals surface area contributed by atoms with Crippen LogP contribution in [0.3, 0.4) is 0 Å². The summed E-state index contributed by atoms with van der Waals surface area (Å²) < 4.78 is 0. The number of rotatable bonds is 7. The van der Waals surface area contributed by atoms with E-state index in [1.54, 1.807) is 0 Å². The highest BCUT2D eigenvalue weighted by atomic mass is 14.2. The summed E-state index contributed by atoms with van der Waals surface area (Å²) >= 11 is 0. The van der Waals surface area contributed by atoms with Crippen LogP contribution in [0.5, 0.6) is 0 Å². The monoisotopic (exact) mass is 590 g/mol. The molecule has 0 amide bonds. The molecule has 0 atom stereocenters. The maximum absolute atomic E-state index is 4.15. The number of hydrogen-bond acceptors (Lipinski definition) is 0. The zero-order valence-electron chi connectivity index (χ0n) is 26.8. The highest BCUT2D eigenvalue weighted by molar-refractivity contribution is 6.24. The van der Waals surface area contributed by atoms with Gasteiger partial charge in [0.15, 0.2) is 0 Å². The summed E-state index contributed by atoms with van der Waals surface area (Å²) in [7, 11) is 0. The van der Waals surface area contributed by atoms with Gasteiger partial charge in [-0.25, -0.2) is 0 Å². The third kappa shape index (κ3) is 5.37. The summed E-state index contributed by atoms with van der Waals surface area (Å²) in [6.07, 6.45) is 5.50. The Kier molecular flexibility index (Phi) is 7.95. The average molecular weight is 591 g/mol. The maximum Gasteiger partial charge on any atom is -0.00201 e. The van der Waals surface area contributed by atoms with Crippen LogP contribution in [-0.4, -0.2) is 0 Å². The molecule has 0 bridgehead atoms. The normalized spacial score (nSPS) is 12.2. The van der Waals surface area contributed by atoms with Gasteiger partial charge in [-0.2, -0.15) is 0 Å². The molecule has 0 saturated heterocycles. The fourth-order valence-corrected chi connectivity index (χ4v) is 6.80. The molecular weight excluding hydrogens is 553 g/mol. The van der Waals surface area contributed by atoms with E-state index in [1.807, 2.05) is 0 Å². The molecule has 0 heterocycles. The van der Waals surface area contributed by atoms with Crippen molar-refractivity contribution in [2.75, 3.05) is 0 Å². The second-order valence-corrected chi connectivity index (χ2v) is 12.3. The van der Waals surface area contributed by atoms with Crippen LogP contribution < -0.4 is 0 Å². The van der Waals surface area contributed by atoms with Gasteiger partial charge in [0.25, 0.3) is 0 Å². The van der Waals surface area contributed by atoms with Crippen LogP contribution in [-0.2, 0) is 0 Å². The molecule has 46 heavy (non-hydrogen) atoms. The van der Waals surface area contributed by atoms with E-state index < -0.39 is 0 Å². The predicted octanol–water partition coefficient (Wildman–Crippen LogP) is 13.5. The van der Waals surface area contributed by atoms with E-state index >= 15 is 0 Å². The summed E-state index contributed by atoms with van der Waals surface area (Å²) in [5, 5.41) is 7.59. The van der Waals surface area contributed by atoms with Crippen molar-refractivity contribution in [3.8, 4) is 33.4 Å². The molecule has 7 rings (SSSR count). The molecule has 0 aliphatic rings. The molecule has 0 saturated carbocycles. The first-order chi connectivity index (χ1) is 22.5. The van der Waals surface area contributed by atoms with Crippen LogP contribution >= 0.6 is 0 Å². The summed E-state index contributed by atoms with van der Waals surface area (Å²) in [5.74, 6) is 0. The molecule has 222 valence electrons. The van der Waals surface area contributed by atoms with Crippen molar-refractivity contribution in [1.29, 1.82) is 0 Å². The van der Waals surface area contributed by atoms with Gasteiger partial charge in [0, 0.05) is 0 Å². The quantitative estimate of drug-likeness (QED) is 0.128. The summed E-state index contributed by atoms with van der Waals surface area (Å²) in [5.41, 5.74) is 12.4. The highest BCUT2D eigenvalue weighted by Crippen LogP contribution is 2.46. The van der Waals surface area contributed by atoms with Crippen molar-refractivity contribution in [3.63, 3.8) is 0 Å².